The molecule has 0 spiro atoms. The molecule has 0 radical (unpaired) electrons. The van der Waals surface area contributed by atoms with Crippen molar-refractivity contribution in [3.05, 3.63) is 27.7 Å². The zero-order valence-corrected chi connectivity index (χ0v) is 10.7. The van der Waals surface area contributed by atoms with Gasteiger partial charge in [-0.05, 0) is 24.4 Å². The molecule has 0 saturated carbocycles. The molecule has 7 heteroatoms. The summed E-state index contributed by atoms with van der Waals surface area (Å²) in [6, 6.07) is 3.41. The van der Waals surface area contributed by atoms with Crippen molar-refractivity contribution >= 4 is 46.7 Å². The molecule has 1 aromatic rings. The predicted octanol–water partition coefficient (Wildman–Crippen LogP) is 2.17. The van der Waals surface area contributed by atoms with E-state index in [9.17, 15) is 0 Å². The van der Waals surface area contributed by atoms with Gasteiger partial charge in [-0.15, -0.1) is 0 Å². The minimum absolute atomic E-state index is 0.0759. The number of halogens is 2. The normalized spacial score (nSPS) is 10.4. The maximum atomic E-state index is 6.00. The zero-order chi connectivity index (χ0) is 12.1. The summed E-state index contributed by atoms with van der Waals surface area (Å²) in [5.74, 6) is 0.506. The van der Waals surface area contributed by atoms with Crippen LogP contribution in [0.15, 0.2) is 17.2 Å². The largest absolute Gasteiger partial charge is 0.495 e. The molecule has 0 aliphatic rings. The molecule has 0 heterocycles. The number of benzene rings is 1. The van der Waals surface area contributed by atoms with Gasteiger partial charge in [0.2, 0.25) is 0 Å². The van der Waals surface area contributed by atoms with Crippen LogP contribution in [0.3, 0.4) is 0 Å². The van der Waals surface area contributed by atoms with Crippen LogP contribution < -0.4 is 15.9 Å². The third-order valence-electron chi connectivity index (χ3n) is 1.68. The molecule has 0 unspecified atom stereocenters. The molecule has 16 heavy (non-hydrogen) atoms. The number of rotatable bonds is 3. The maximum Gasteiger partial charge on any atom is 0.184 e. The zero-order valence-electron chi connectivity index (χ0n) is 8.33. The van der Waals surface area contributed by atoms with E-state index in [0.29, 0.717) is 21.4 Å². The Morgan fingerprint density at radius 3 is 2.75 bits per heavy atom. The summed E-state index contributed by atoms with van der Waals surface area (Å²) in [4.78, 5) is 0. The van der Waals surface area contributed by atoms with E-state index < -0.39 is 0 Å². The Hall–Kier alpha value is -1.04. The van der Waals surface area contributed by atoms with Gasteiger partial charge in [0.15, 0.2) is 5.11 Å². The lowest BCUT2D eigenvalue weighted by atomic mass is 10.2. The van der Waals surface area contributed by atoms with E-state index in [-0.39, 0.29) is 5.11 Å². The van der Waals surface area contributed by atoms with Crippen LogP contribution >= 0.6 is 35.4 Å². The number of hydrogen-bond acceptors (Lipinski definition) is 3. The number of methoxy groups -OCH3 is 1. The van der Waals surface area contributed by atoms with Crippen LogP contribution in [-0.4, -0.2) is 18.4 Å². The minimum Gasteiger partial charge on any atom is -0.495 e. The van der Waals surface area contributed by atoms with Gasteiger partial charge in [0.05, 0.1) is 18.3 Å². The summed E-state index contributed by atoms with van der Waals surface area (Å²) in [6.07, 6.45) is 1.47. The van der Waals surface area contributed by atoms with Crippen molar-refractivity contribution in [3.63, 3.8) is 0 Å². The smallest absolute Gasteiger partial charge is 0.184 e. The number of hydrogen-bond donors (Lipinski definition) is 2. The van der Waals surface area contributed by atoms with Crippen molar-refractivity contribution in [3.8, 4) is 5.75 Å². The van der Waals surface area contributed by atoms with E-state index >= 15 is 0 Å². The van der Waals surface area contributed by atoms with Crippen LogP contribution in [0.25, 0.3) is 0 Å². The van der Waals surface area contributed by atoms with E-state index in [2.05, 4.69) is 22.7 Å². The average Bonchev–Trinajstić information content (AvgIpc) is 2.24. The van der Waals surface area contributed by atoms with Gasteiger partial charge in [-0.1, -0.05) is 23.2 Å². The monoisotopic (exact) mass is 277 g/mol. The molecule has 0 amide bonds. The van der Waals surface area contributed by atoms with Crippen molar-refractivity contribution in [2.45, 2.75) is 0 Å². The second kappa shape index (κ2) is 5.89. The van der Waals surface area contributed by atoms with E-state index in [0.717, 1.165) is 0 Å². The SMILES string of the molecule is COc1ccc(/C=N/NC(N)=S)c(Cl)c1Cl. The number of thiocarbonyl (C=S) groups is 1. The summed E-state index contributed by atoms with van der Waals surface area (Å²) in [5.41, 5.74) is 8.25. The molecule has 0 bridgehead atoms. The summed E-state index contributed by atoms with van der Waals surface area (Å²) in [7, 11) is 1.51. The number of nitrogens with zero attached hydrogens (tertiary/aromatic N) is 1. The Balaban J connectivity index is 2.94. The highest BCUT2D eigenvalue weighted by Gasteiger charge is 2.08. The van der Waals surface area contributed by atoms with E-state index in [1.54, 1.807) is 12.1 Å². The van der Waals surface area contributed by atoms with Crippen molar-refractivity contribution < 1.29 is 4.74 Å². The first-order valence-corrected chi connectivity index (χ1v) is 5.33. The van der Waals surface area contributed by atoms with E-state index in [1.807, 2.05) is 0 Å². The third kappa shape index (κ3) is 3.23. The number of hydrazone groups is 1. The van der Waals surface area contributed by atoms with Gasteiger partial charge < -0.3 is 10.5 Å². The molecule has 0 aliphatic heterocycles. The third-order valence-corrected chi connectivity index (χ3v) is 2.65. The molecule has 0 aliphatic carbocycles. The molecule has 1 aromatic carbocycles. The Kier molecular flexibility index (Phi) is 4.79. The van der Waals surface area contributed by atoms with E-state index in [1.165, 1.54) is 13.3 Å². The molecular formula is C9H9Cl2N3OS. The van der Waals surface area contributed by atoms with E-state index in [4.69, 9.17) is 33.7 Å². The highest BCUT2D eigenvalue weighted by atomic mass is 35.5. The fraction of sp³-hybridized carbons (Fsp3) is 0.111. The number of ether oxygens (including phenoxy) is 1. The van der Waals surface area contributed by atoms with Gasteiger partial charge in [-0.3, -0.25) is 5.43 Å². The Morgan fingerprint density at radius 2 is 2.19 bits per heavy atom. The average molecular weight is 278 g/mol. The molecule has 86 valence electrons. The van der Waals surface area contributed by atoms with Crippen molar-refractivity contribution in [1.82, 2.24) is 5.43 Å². The van der Waals surface area contributed by atoms with Crippen LogP contribution in [0.5, 0.6) is 5.75 Å². The van der Waals surface area contributed by atoms with Gasteiger partial charge in [0.25, 0.3) is 0 Å². The number of nitrogens with one attached hydrogen (secondary N) is 1. The van der Waals surface area contributed by atoms with Crippen molar-refractivity contribution in [2.75, 3.05) is 7.11 Å². The van der Waals surface area contributed by atoms with Crippen molar-refractivity contribution in [2.24, 2.45) is 10.8 Å². The molecule has 0 atom stereocenters. The molecular weight excluding hydrogens is 269 g/mol. The van der Waals surface area contributed by atoms with Crippen LogP contribution in [0.1, 0.15) is 5.56 Å². The molecule has 4 nitrogen and oxygen atoms in total. The quantitative estimate of drug-likeness (QED) is 0.505. The van der Waals surface area contributed by atoms with Crippen LogP contribution in [0.2, 0.25) is 10.0 Å². The van der Waals surface area contributed by atoms with Crippen LogP contribution in [-0.2, 0) is 0 Å². The lowest BCUT2D eigenvalue weighted by molar-refractivity contribution is 0.415. The first-order chi connectivity index (χ1) is 7.56. The van der Waals surface area contributed by atoms with Crippen LogP contribution in [0, 0.1) is 0 Å². The fourth-order valence-electron chi connectivity index (χ4n) is 0.969. The second-order valence-electron chi connectivity index (χ2n) is 2.72. The molecule has 0 fully saturated rings. The first-order valence-electron chi connectivity index (χ1n) is 4.16. The molecule has 0 aromatic heterocycles. The van der Waals surface area contributed by atoms with Crippen LogP contribution in [0.4, 0.5) is 0 Å². The second-order valence-corrected chi connectivity index (χ2v) is 3.92. The van der Waals surface area contributed by atoms with Gasteiger partial charge in [-0.25, -0.2) is 0 Å². The van der Waals surface area contributed by atoms with Gasteiger partial charge >= 0.3 is 0 Å². The molecule has 1 rings (SSSR count). The highest BCUT2D eigenvalue weighted by molar-refractivity contribution is 7.80. The van der Waals surface area contributed by atoms with Gasteiger partial charge in [0, 0.05) is 5.56 Å². The fourth-order valence-corrected chi connectivity index (χ4v) is 1.48. The van der Waals surface area contributed by atoms with Crippen molar-refractivity contribution in [1.29, 1.82) is 0 Å². The molecule has 3 N–H and O–H groups in total. The summed E-state index contributed by atoms with van der Waals surface area (Å²) in [6.45, 7) is 0. The first kappa shape index (κ1) is 13.0. The summed E-state index contributed by atoms with van der Waals surface area (Å²) >= 11 is 16.5. The Labute approximate surface area is 108 Å². The Morgan fingerprint density at radius 1 is 1.50 bits per heavy atom. The lowest BCUT2D eigenvalue weighted by Gasteiger charge is -2.06. The predicted molar refractivity (Wildman–Crippen MR) is 70.5 cm³/mol. The lowest BCUT2D eigenvalue weighted by Crippen LogP contribution is -2.24. The number of nitrogens with two attached hydrogens (primary N) is 1. The summed E-state index contributed by atoms with van der Waals surface area (Å²) in [5, 5.41) is 4.54. The topological polar surface area (TPSA) is 59.6 Å². The summed E-state index contributed by atoms with van der Waals surface area (Å²) < 4.78 is 5.01. The van der Waals surface area contributed by atoms with Gasteiger partial charge in [-0.2, -0.15) is 5.10 Å². The Bertz CT molecular complexity index is 437. The maximum absolute atomic E-state index is 6.00. The molecule has 0 saturated heterocycles. The highest BCUT2D eigenvalue weighted by Crippen LogP contribution is 2.33. The standard InChI is InChI=1S/C9H9Cl2N3OS/c1-15-6-3-2-5(7(10)8(6)11)4-13-14-9(12)16/h2-4H,1H3,(H3,12,14,16)/b13-4+. The van der Waals surface area contributed by atoms with Gasteiger partial charge in [0.1, 0.15) is 10.8 Å². The minimum atomic E-state index is 0.0759.